The van der Waals surface area contributed by atoms with Crippen LogP contribution in [0.5, 0.6) is 0 Å². The molecule has 0 bridgehead atoms. The molecule has 0 aliphatic carbocycles. The van der Waals surface area contributed by atoms with E-state index >= 15 is 0 Å². The maximum atomic E-state index is 12.5. The van der Waals surface area contributed by atoms with E-state index in [-0.39, 0.29) is 5.70 Å². The van der Waals surface area contributed by atoms with Crippen molar-refractivity contribution in [2.75, 3.05) is 5.32 Å². The molecule has 0 saturated carbocycles. The number of nitrogens with zero attached hydrogens (tertiary/aromatic N) is 1. The molecule has 20 heavy (non-hydrogen) atoms. The normalized spacial score (nSPS) is 14.2. The number of nitriles is 1. The minimum Gasteiger partial charge on any atom is -0.393 e. The number of rotatable bonds is 2. The lowest BCUT2D eigenvalue weighted by Gasteiger charge is -2.25. The molecule has 0 radical (unpaired) electrons. The highest BCUT2D eigenvalue weighted by Gasteiger charge is 2.21. The third-order valence-corrected chi connectivity index (χ3v) is 3.28. The fourth-order valence-corrected chi connectivity index (χ4v) is 2.41. The molecule has 0 amide bonds. The molecule has 0 unspecified atom stereocenters. The standard InChI is InChI=1S/C15H11BFN3/c17-16-20-14(9-18)15-12-7-2-1-5-10(12)11-6-3-4-8-13(11)19-15/h1-8,16,19-20H/b15-14-. The van der Waals surface area contributed by atoms with Crippen molar-refractivity contribution in [3.63, 3.8) is 0 Å². The predicted octanol–water partition coefficient (Wildman–Crippen LogP) is 2.80. The van der Waals surface area contributed by atoms with Gasteiger partial charge in [-0.1, -0.05) is 42.5 Å². The minimum absolute atomic E-state index is 0.203. The second kappa shape index (κ2) is 5.10. The molecule has 0 spiro atoms. The molecule has 96 valence electrons. The van der Waals surface area contributed by atoms with Crippen LogP contribution in [0.4, 0.5) is 10.0 Å². The molecule has 1 heterocycles. The largest absolute Gasteiger partial charge is 0.442 e. The highest BCUT2D eigenvalue weighted by molar-refractivity contribution is 6.24. The number of nitrogens with one attached hydrogen (secondary N) is 2. The first-order chi connectivity index (χ1) is 9.85. The van der Waals surface area contributed by atoms with Gasteiger partial charge in [-0.25, -0.2) is 0 Å². The Morgan fingerprint density at radius 3 is 2.40 bits per heavy atom. The highest BCUT2D eigenvalue weighted by Crippen LogP contribution is 2.40. The molecular weight excluding hydrogens is 252 g/mol. The number of benzene rings is 2. The maximum Gasteiger partial charge on any atom is 0.442 e. The average Bonchev–Trinajstić information content (AvgIpc) is 2.52. The van der Waals surface area contributed by atoms with Crippen LogP contribution in [0.1, 0.15) is 5.56 Å². The topological polar surface area (TPSA) is 47.9 Å². The monoisotopic (exact) mass is 263 g/mol. The van der Waals surface area contributed by atoms with Crippen LogP contribution in [0.15, 0.2) is 54.2 Å². The summed E-state index contributed by atoms with van der Waals surface area (Å²) in [5.74, 6) is 0. The van der Waals surface area contributed by atoms with Crippen LogP contribution in [0.2, 0.25) is 0 Å². The third-order valence-electron chi connectivity index (χ3n) is 3.28. The molecule has 5 heteroatoms. The maximum absolute atomic E-state index is 12.5. The van der Waals surface area contributed by atoms with E-state index < -0.39 is 7.69 Å². The number of anilines is 1. The second-order valence-electron chi connectivity index (χ2n) is 4.39. The van der Waals surface area contributed by atoms with E-state index in [1.54, 1.807) is 0 Å². The zero-order valence-corrected chi connectivity index (χ0v) is 10.7. The van der Waals surface area contributed by atoms with Crippen molar-refractivity contribution in [1.82, 2.24) is 5.23 Å². The number of hydrogen-bond donors (Lipinski definition) is 2. The molecule has 0 saturated heterocycles. The summed E-state index contributed by atoms with van der Waals surface area (Å²) in [4.78, 5) is 0. The first kappa shape index (κ1) is 12.3. The van der Waals surface area contributed by atoms with E-state index in [0.29, 0.717) is 5.70 Å². The summed E-state index contributed by atoms with van der Waals surface area (Å²) in [6.45, 7) is 0. The van der Waals surface area contributed by atoms with Gasteiger partial charge in [-0.05, 0) is 11.6 Å². The Hall–Kier alpha value is -2.74. The van der Waals surface area contributed by atoms with Crippen molar-refractivity contribution in [2.24, 2.45) is 0 Å². The van der Waals surface area contributed by atoms with Crippen molar-refractivity contribution < 1.29 is 4.32 Å². The summed E-state index contributed by atoms with van der Waals surface area (Å²) >= 11 is 0. The molecule has 2 aromatic carbocycles. The number of fused-ring (bicyclic) bond motifs is 3. The van der Waals surface area contributed by atoms with E-state index in [9.17, 15) is 9.58 Å². The van der Waals surface area contributed by atoms with Crippen LogP contribution in [0, 0.1) is 11.3 Å². The van der Waals surface area contributed by atoms with Crippen molar-refractivity contribution >= 4 is 19.1 Å². The third kappa shape index (κ3) is 1.92. The van der Waals surface area contributed by atoms with Crippen LogP contribution < -0.4 is 10.5 Å². The predicted molar refractivity (Wildman–Crippen MR) is 79.4 cm³/mol. The summed E-state index contributed by atoms with van der Waals surface area (Å²) in [7, 11) is -0.780. The Morgan fingerprint density at radius 2 is 1.70 bits per heavy atom. The van der Waals surface area contributed by atoms with Gasteiger partial charge in [0.25, 0.3) is 0 Å². The van der Waals surface area contributed by atoms with Crippen LogP contribution in [-0.2, 0) is 0 Å². The Balaban J connectivity index is 2.26. The molecule has 2 N–H and O–H groups in total. The molecule has 0 atom stereocenters. The fraction of sp³-hybridized carbons (Fsp3) is 0. The Morgan fingerprint density at radius 1 is 1.05 bits per heavy atom. The van der Waals surface area contributed by atoms with Gasteiger partial charge in [0, 0.05) is 16.8 Å². The van der Waals surface area contributed by atoms with Gasteiger partial charge in [0.05, 0.1) is 5.70 Å². The van der Waals surface area contributed by atoms with Crippen molar-refractivity contribution in [3.05, 3.63) is 59.8 Å². The van der Waals surface area contributed by atoms with Crippen molar-refractivity contribution in [2.45, 2.75) is 0 Å². The first-order valence-corrected chi connectivity index (χ1v) is 6.25. The lowest BCUT2D eigenvalue weighted by molar-refractivity contribution is 0.841. The molecule has 0 aromatic heterocycles. The van der Waals surface area contributed by atoms with Gasteiger partial charge in [-0.3, -0.25) is 0 Å². The van der Waals surface area contributed by atoms with Gasteiger partial charge in [0.2, 0.25) is 0 Å². The molecule has 1 aliphatic heterocycles. The van der Waals surface area contributed by atoms with Crippen LogP contribution in [0.25, 0.3) is 16.8 Å². The fourth-order valence-electron chi connectivity index (χ4n) is 2.41. The lowest BCUT2D eigenvalue weighted by atomic mass is 9.91. The van der Waals surface area contributed by atoms with Gasteiger partial charge >= 0.3 is 7.69 Å². The van der Waals surface area contributed by atoms with E-state index in [0.717, 1.165) is 22.4 Å². The molecular formula is C15H11BFN3. The zero-order valence-electron chi connectivity index (χ0n) is 10.7. The Labute approximate surface area is 117 Å². The van der Waals surface area contributed by atoms with E-state index in [1.807, 2.05) is 54.6 Å². The van der Waals surface area contributed by atoms with Gasteiger partial charge in [0.1, 0.15) is 11.8 Å². The lowest BCUT2D eigenvalue weighted by Crippen LogP contribution is -2.20. The SMILES string of the molecule is N#C/C(NBF)=C1/Nc2ccccc2-c2ccccc21. The smallest absolute Gasteiger partial charge is 0.393 e. The van der Waals surface area contributed by atoms with E-state index in [2.05, 4.69) is 10.5 Å². The number of halogens is 1. The zero-order chi connectivity index (χ0) is 13.9. The molecule has 0 fully saturated rings. The minimum atomic E-state index is -0.780. The van der Waals surface area contributed by atoms with E-state index in [1.165, 1.54) is 0 Å². The quantitative estimate of drug-likeness (QED) is 0.647. The number of hydrogen-bond acceptors (Lipinski definition) is 3. The molecule has 3 nitrogen and oxygen atoms in total. The summed E-state index contributed by atoms with van der Waals surface area (Å²) in [6, 6.07) is 17.6. The highest BCUT2D eigenvalue weighted by atomic mass is 19.1. The van der Waals surface area contributed by atoms with Crippen molar-refractivity contribution in [3.8, 4) is 17.2 Å². The van der Waals surface area contributed by atoms with Crippen LogP contribution in [0.3, 0.4) is 0 Å². The Bertz CT molecular complexity index is 734. The summed E-state index contributed by atoms with van der Waals surface area (Å²) in [5.41, 5.74) is 4.72. The first-order valence-electron chi connectivity index (χ1n) is 6.25. The Kier molecular flexibility index (Phi) is 3.14. The van der Waals surface area contributed by atoms with Gasteiger partial charge in [-0.15, -0.1) is 0 Å². The van der Waals surface area contributed by atoms with E-state index in [4.69, 9.17) is 0 Å². The second-order valence-corrected chi connectivity index (χ2v) is 4.39. The van der Waals surface area contributed by atoms with Gasteiger partial charge in [0.15, 0.2) is 0 Å². The number of allylic oxidation sites excluding steroid dienone is 1. The summed E-state index contributed by atoms with van der Waals surface area (Å²) in [5, 5.41) is 14.9. The van der Waals surface area contributed by atoms with Crippen LogP contribution >= 0.6 is 0 Å². The van der Waals surface area contributed by atoms with Crippen LogP contribution in [-0.4, -0.2) is 7.69 Å². The van der Waals surface area contributed by atoms with Crippen molar-refractivity contribution in [1.29, 1.82) is 5.26 Å². The molecule has 1 aliphatic rings. The van der Waals surface area contributed by atoms with Gasteiger partial charge < -0.3 is 14.9 Å². The molecule has 2 aromatic rings. The molecule has 3 rings (SSSR count). The summed E-state index contributed by atoms with van der Waals surface area (Å²) < 4.78 is 12.5. The average molecular weight is 263 g/mol. The number of para-hydroxylation sites is 1. The van der Waals surface area contributed by atoms with Gasteiger partial charge in [-0.2, -0.15) is 5.26 Å². The summed E-state index contributed by atoms with van der Waals surface area (Å²) in [6.07, 6.45) is 0.